The number of carbonyl (C=O) groups is 2. The van der Waals surface area contributed by atoms with E-state index in [1.54, 1.807) is 31.4 Å². The lowest BCUT2D eigenvalue weighted by Gasteiger charge is -2.25. The molecule has 0 bridgehead atoms. The molecule has 0 saturated carbocycles. The Morgan fingerprint density at radius 2 is 1.62 bits per heavy atom. The van der Waals surface area contributed by atoms with Crippen LogP contribution in [-0.4, -0.2) is 55.2 Å². The van der Waals surface area contributed by atoms with Gasteiger partial charge in [-0.1, -0.05) is 26.0 Å². The normalized spacial score (nSPS) is 17.3. The number of amides is 1. The minimum absolute atomic E-state index is 0.0669. The van der Waals surface area contributed by atoms with Gasteiger partial charge in [-0.3, -0.25) is 9.59 Å². The minimum Gasteiger partial charge on any atom is -0.507 e. The number of methoxy groups -OCH3 is 1. The maximum Gasteiger partial charge on any atom is 0.295 e. The SMILES string of the molecule is CCCOc1ccc(/C(O)=C2/C(=O)C(=O)N(CCCOC)C2c2cccc(OCCC)c2)cc1. The first-order valence-electron chi connectivity index (χ1n) is 11.7. The van der Waals surface area contributed by atoms with Crippen LogP contribution in [0.5, 0.6) is 11.5 Å². The predicted octanol–water partition coefficient (Wildman–Crippen LogP) is 4.72. The first-order valence-corrected chi connectivity index (χ1v) is 11.7. The van der Waals surface area contributed by atoms with Crippen LogP contribution in [0.1, 0.15) is 50.3 Å². The second kappa shape index (κ2) is 12.2. The van der Waals surface area contributed by atoms with Gasteiger partial charge >= 0.3 is 0 Å². The molecule has 0 aliphatic carbocycles. The molecule has 0 radical (unpaired) electrons. The van der Waals surface area contributed by atoms with Crippen molar-refractivity contribution in [1.29, 1.82) is 0 Å². The number of Topliss-reactive ketones (excluding diaryl/α,β-unsaturated/α-hetero) is 1. The lowest BCUT2D eigenvalue weighted by molar-refractivity contribution is -0.140. The van der Waals surface area contributed by atoms with Gasteiger partial charge < -0.3 is 24.2 Å². The molecule has 3 rings (SSSR count). The second-order valence-electron chi connectivity index (χ2n) is 8.13. The van der Waals surface area contributed by atoms with Crippen LogP contribution in [0.15, 0.2) is 54.1 Å². The first kappa shape index (κ1) is 25.3. The van der Waals surface area contributed by atoms with E-state index in [9.17, 15) is 14.7 Å². The van der Waals surface area contributed by atoms with Crippen molar-refractivity contribution in [3.63, 3.8) is 0 Å². The number of benzene rings is 2. The summed E-state index contributed by atoms with van der Waals surface area (Å²) in [7, 11) is 1.59. The van der Waals surface area contributed by atoms with E-state index in [0.717, 1.165) is 12.8 Å². The third-order valence-corrected chi connectivity index (χ3v) is 5.53. The maximum atomic E-state index is 13.1. The van der Waals surface area contributed by atoms with Crippen molar-refractivity contribution in [1.82, 2.24) is 4.90 Å². The van der Waals surface area contributed by atoms with Crippen molar-refractivity contribution in [3.8, 4) is 11.5 Å². The number of rotatable bonds is 12. The van der Waals surface area contributed by atoms with E-state index in [-0.39, 0.29) is 11.3 Å². The molecule has 2 aromatic rings. The fourth-order valence-corrected chi connectivity index (χ4v) is 3.92. The Bertz CT molecular complexity index is 1010. The Morgan fingerprint density at radius 3 is 2.26 bits per heavy atom. The van der Waals surface area contributed by atoms with Crippen molar-refractivity contribution < 1.29 is 28.9 Å². The van der Waals surface area contributed by atoms with Gasteiger partial charge in [-0.2, -0.15) is 0 Å². The fourth-order valence-electron chi connectivity index (χ4n) is 3.92. The summed E-state index contributed by atoms with van der Waals surface area (Å²) >= 11 is 0. The van der Waals surface area contributed by atoms with Crippen LogP contribution in [0, 0.1) is 0 Å². The number of hydrogen-bond donors (Lipinski definition) is 1. The molecule has 1 atom stereocenters. The van der Waals surface area contributed by atoms with Crippen molar-refractivity contribution in [2.45, 2.75) is 39.2 Å². The van der Waals surface area contributed by atoms with E-state index in [0.29, 0.717) is 55.4 Å². The molecule has 1 fully saturated rings. The molecule has 1 aliphatic rings. The molecular weight excluding hydrogens is 434 g/mol. The molecule has 1 heterocycles. The van der Waals surface area contributed by atoms with Crippen molar-refractivity contribution in [2.24, 2.45) is 0 Å². The van der Waals surface area contributed by atoms with Gasteiger partial charge in [-0.15, -0.1) is 0 Å². The van der Waals surface area contributed by atoms with E-state index in [4.69, 9.17) is 14.2 Å². The summed E-state index contributed by atoms with van der Waals surface area (Å²) in [6.07, 6.45) is 2.31. The van der Waals surface area contributed by atoms with Gasteiger partial charge in [0.15, 0.2) is 0 Å². The third kappa shape index (κ3) is 5.78. The van der Waals surface area contributed by atoms with Crippen molar-refractivity contribution in [3.05, 3.63) is 65.2 Å². The summed E-state index contributed by atoms with van der Waals surface area (Å²) in [6.45, 7) is 5.97. The molecule has 1 unspecified atom stereocenters. The van der Waals surface area contributed by atoms with Gasteiger partial charge in [-0.05, 0) is 61.2 Å². The standard InChI is InChI=1S/C27H33NO6/c1-4-15-33-21-12-10-19(11-13-21)25(29)23-24(20-8-6-9-22(18-20)34-16-5-2)28(14-7-17-32-3)27(31)26(23)30/h6,8-13,18,24,29H,4-5,7,14-17H2,1-3H3/b25-23-. The number of nitrogens with zero attached hydrogens (tertiary/aromatic N) is 1. The monoisotopic (exact) mass is 467 g/mol. The average Bonchev–Trinajstić information content (AvgIpc) is 3.11. The van der Waals surface area contributed by atoms with Gasteiger partial charge in [0, 0.05) is 25.8 Å². The lowest BCUT2D eigenvalue weighted by Crippen LogP contribution is -2.31. The highest BCUT2D eigenvalue weighted by Gasteiger charge is 2.45. The summed E-state index contributed by atoms with van der Waals surface area (Å²) in [6, 6.07) is 13.5. The second-order valence-corrected chi connectivity index (χ2v) is 8.13. The summed E-state index contributed by atoms with van der Waals surface area (Å²) in [5.41, 5.74) is 1.22. The number of aliphatic hydroxyl groups is 1. The zero-order chi connectivity index (χ0) is 24.5. The van der Waals surface area contributed by atoms with Crippen LogP contribution in [0.25, 0.3) is 5.76 Å². The Labute approximate surface area is 200 Å². The third-order valence-electron chi connectivity index (χ3n) is 5.53. The van der Waals surface area contributed by atoms with Gasteiger partial charge in [0.05, 0.1) is 24.8 Å². The number of hydrogen-bond acceptors (Lipinski definition) is 6. The smallest absolute Gasteiger partial charge is 0.295 e. The van der Waals surface area contributed by atoms with Crippen LogP contribution in [0.4, 0.5) is 0 Å². The molecule has 0 aromatic heterocycles. The van der Waals surface area contributed by atoms with Gasteiger partial charge in [0.2, 0.25) is 0 Å². The molecule has 0 spiro atoms. The van der Waals surface area contributed by atoms with E-state index < -0.39 is 17.7 Å². The zero-order valence-electron chi connectivity index (χ0n) is 20.1. The highest BCUT2D eigenvalue weighted by atomic mass is 16.5. The average molecular weight is 468 g/mol. The highest BCUT2D eigenvalue weighted by molar-refractivity contribution is 6.46. The molecule has 2 aromatic carbocycles. The Morgan fingerprint density at radius 1 is 0.941 bits per heavy atom. The predicted molar refractivity (Wildman–Crippen MR) is 130 cm³/mol. The topological polar surface area (TPSA) is 85.3 Å². The lowest BCUT2D eigenvalue weighted by atomic mass is 9.95. The molecular formula is C27H33NO6. The van der Waals surface area contributed by atoms with E-state index in [2.05, 4.69) is 0 Å². The zero-order valence-corrected chi connectivity index (χ0v) is 20.1. The molecule has 7 nitrogen and oxygen atoms in total. The first-order chi connectivity index (χ1) is 16.5. The quantitative estimate of drug-likeness (QED) is 0.210. The summed E-state index contributed by atoms with van der Waals surface area (Å²) in [4.78, 5) is 27.6. The maximum absolute atomic E-state index is 13.1. The van der Waals surface area contributed by atoms with Gasteiger partial charge in [-0.25, -0.2) is 0 Å². The Balaban J connectivity index is 2.03. The van der Waals surface area contributed by atoms with Crippen LogP contribution in [0.2, 0.25) is 0 Å². The Kier molecular flexibility index (Phi) is 9.10. The van der Waals surface area contributed by atoms with E-state index in [1.807, 2.05) is 38.1 Å². The molecule has 1 N–H and O–H groups in total. The van der Waals surface area contributed by atoms with Crippen molar-refractivity contribution in [2.75, 3.05) is 33.5 Å². The molecule has 182 valence electrons. The summed E-state index contributed by atoms with van der Waals surface area (Å²) in [5, 5.41) is 11.2. The van der Waals surface area contributed by atoms with Crippen LogP contribution < -0.4 is 9.47 Å². The van der Waals surface area contributed by atoms with E-state index in [1.165, 1.54) is 4.90 Å². The molecule has 1 aliphatic heterocycles. The largest absolute Gasteiger partial charge is 0.507 e. The fraction of sp³-hybridized carbons (Fsp3) is 0.407. The van der Waals surface area contributed by atoms with E-state index >= 15 is 0 Å². The van der Waals surface area contributed by atoms with Crippen LogP contribution in [-0.2, 0) is 14.3 Å². The highest BCUT2D eigenvalue weighted by Crippen LogP contribution is 2.40. The minimum atomic E-state index is -0.724. The number of carbonyl (C=O) groups excluding carboxylic acids is 2. The van der Waals surface area contributed by atoms with Gasteiger partial charge in [0.25, 0.3) is 11.7 Å². The Hall–Kier alpha value is -3.32. The molecule has 1 amide bonds. The summed E-state index contributed by atoms with van der Waals surface area (Å²) < 4.78 is 16.5. The molecule has 1 saturated heterocycles. The van der Waals surface area contributed by atoms with Crippen LogP contribution in [0.3, 0.4) is 0 Å². The number of ether oxygens (including phenoxy) is 3. The number of likely N-dealkylation sites (tertiary alicyclic amines) is 1. The van der Waals surface area contributed by atoms with Crippen molar-refractivity contribution >= 4 is 17.4 Å². The number of ketones is 1. The molecule has 34 heavy (non-hydrogen) atoms. The number of aliphatic hydroxyl groups excluding tert-OH is 1. The van der Waals surface area contributed by atoms with Gasteiger partial charge in [0.1, 0.15) is 17.3 Å². The molecule has 7 heteroatoms. The van der Waals surface area contributed by atoms with Crippen LogP contribution >= 0.6 is 0 Å². The summed E-state index contributed by atoms with van der Waals surface area (Å²) in [5.74, 6) is -0.217.